The van der Waals surface area contributed by atoms with Crippen molar-refractivity contribution in [3.05, 3.63) is 23.8 Å². The number of hydrogen-bond donors (Lipinski definition) is 1. The van der Waals surface area contributed by atoms with Gasteiger partial charge in [0.1, 0.15) is 11.8 Å². The van der Waals surface area contributed by atoms with Crippen LogP contribution in [0.2, 0.25) is 0 Å². The number of carbonyl (C=O) groups is 1. The molecule has 1 aromatic carbocycles. The summed E-state index contributed by atoms with van der Waals surface area (Å²) in [5, 5.41) is 0. The van der Waals surface area contributed by atoms with Gasteiger partial charge in [0.2, 0.25) is 5.91 Å². The number of hydrogen-bond acceptors (Lipinski definition) is 3. The fourth-order valence-electron chi connectivity index (χ4n) is 1.80. The van der Waals surface area contributed by atoms with E-state index in [4.69, 9.17) is 10.5 Å². The lowest BCUT2D eigenvalue weighted by Crippen LogP contribution is -2.27. The number of fused-ring (bicyclic) bond motifs is 1. The zero-order valence-electron chi connectivity index (χ0n) is 8.86. The van der Waals surface area contributed by atoms with E-state index in [1.165, 1.54) is 0 Å². The molecule has 1 atom stereocenters. The molecule has 0 saturated heterocycles. The molecule has 1 heterocycles. The highest BCUT2D eigenvalue weighted by Crippen LogP contribution is 2.35. The van der Waals surface area contributed by atoms with E-state index in [2.05, 4.69) is 0 Å². The Morgan fingerprint density at radius 1 is 1.53 bits per heavy atom. The molecule has 1 aliphatic rings. The summed E-state index contributed by atoms with van der Waals surface area (Å²) >= 11 is 0. The highest BCUT2D eigenvalue weighted by Gasteiger charge is 2.32. The van der Waals surface area contributed by atoms with Gasteiger partial charge >= 0.3 is 0 Å². The maximum absolute atomic E-state index is 11.6. The quantitative estimate of drug-likeness (QED) is 0.787. The monoisotopic (exact) mass is 206 g/mol. The third-order valence-corrected chi connectivity index (χ3v) is 2.60. The van der Waals surface area contributed by atoms with Gasteiger partial charge in [-0.05, 0) is 25.1 Å². The van der Waals surface area contributed by atoms with Gasteiger partial charge in [0.05, 0.1) is 6.61 Å². The normalized spacial score (nSPS) is 19.3. The van der Waals surface area contributed by atoms with Crippen molar-refractivity contribution in [2.24, 2.45) is 5.73 Å². The number of carbonyl (C=O) groups excluding carboxylic acids is 1. The van der Waals surface area contributed by atoms with Crippen molar-refractivity contribution in [3.63, 3.8) is 0 Å². The molecule has 0 aliphatic carbocycles. The van der Waals surface area contributed by atoms with Crippen LogP contribution in [0.1, 0.15) is 18.5 Å². The van der Waals surface area contributed by atoms with Crippen LogP contribution in [-0.4, -0.2) is 19.6 Å². The molecular weight excluding hydrogens is 192 g/mol. The number of ether oxygens (including phenoxy) is 1. The lowest BCUT2D eigenvalue weighted by atomic mass is 10.1. The van der Waals surface area contributed by atoms with Gasteiger partial charge in [0.25, 0.3) is 0 Å². The maximum atomic E-state index is 11.6. The predicted molar refractivity (Wildman–Crippen MR) is 57.9 cm³/mol. The molecule has 0 aromatic heterocycles. The molecule has 2 rings (SSSR count). The highest BCUT2D eigenvalue weighted by molar-refractivity contribution is 6.04. The maximum Gasteiger partial charge on any atom is 0.248 e. The molecule has 0 radical (unpaired) electrons. The Morgan fingerprint density at radius 3 is 2.93 bits per heavy atom. The van der Waals surface area contributed by atoms with Gasteiger partial charge in [-0.25, -0.2) is 0 Å². The molecule has 80 valence electrons. The second-order valence-electron chi connectivity index (χ2n) is 3.53. The minimum absolute atomic E-state index is 0.0707. The summed E-state index contributed by atoms with van der Waals surface area (Å²) in [6.07, 6.45) is 0. The average Bonchev–Trinajstić information content (AvgIpc) is 2.45. The Hall–Kier alpha value is -1.55. The summed E-state index contributed by atoms with van der Waals surface area (Å²) in [6, 6.07) is 5.01. The zero-order valence-corrected chi connectivity index (χ0v) is 8.86. The van der Waals surface area contributed by atoms with Crippen molar-refractivity contribution in [2.45, 2.75) is 13.0 Å². The van der Waals surface area contributed by atoms with Crippen LogP contribution in [0.5, 0.6) is 5.75 Å². The van der Waals surface area contributed by atoms with Crippen molar-refractivity contribution >= 4 is 11.6 Å². The van der Waals surface area contributed by atoms with E-state index >= 15 is 0 Å². The van der Waals surface area contributed by atoms with E-state index in [-0.39, 0.29) is 5.91 Å². The van der Waals surface area contributed by atoms with Gasteiger partial charge in [-0.15, -0.1) is 0 Å². The average molecular weight is 206 g/mol. The topological polar surface area (TPSA) is 55.6 Å². The van der Waals surface area contributed by atoms with Crippen molar-refractivity contribution < 1.29 is 9.53 Å². The van der Waals surface area contributed by atoms with E-state index in [0.717, 1.165) is 17.0 Å². The molecule has 1 amide bonds. The lowest BCUT2D eigenvalue weighted by molar-refractivity contribution is -0.118. The SMILES string of the molecule is CCOc1ccc2c(c1)C(N)C(=O)N2C. The Morgan fingerprint density at radius 2 is 2.27 bits per heavy atom. The van der Waals surface area contributed by atoms with Gasteiger partial charge < -0.3 is 15.4 Å². The molecule has 15 heavy (non-hydrogen) atoms. The van der Waals surface area contributed by atoms with Crippen molar-refractivity contribution in [2.75, 3.05) is 18.6 Å². The third-order valence-electron chi connectivity index (χ3n) is 2.60. The van der Waals surface area contributed by atoms with E-state index < -0.39 is 6.04 Å². The fraction of sp³-hybridized carbons (Fsp3) is 0.364. The minimum atomic E-state index is -0.551. The second-order valence-corrected chi connectivity index (χ2v) is 3.53. The van der Waals surface area contributed by atoms with Crippen LogP contribution in [0.15, 0.2) is 18.2 Å². The van der Waals surface area contributed by atoms with Crippen LogP contribution >= 0.6 is 0 Å². The van der Waals surface area contributed by atoms with E-state index in [9.17, 15) is 4.79 Å². The second kappa shape index (κ2) is 3.55. The van der Waals surface area contributed by atoms with Gasteiger partial charge in [-0.3, -0.25) is 4.79 Å². The first-order chi connectivity index (χ1) is 7.15. The Balaban J connectivity index is 2.42. The van der Waals surface area contributed by atoms with Crippen LogP contribution in [0.25, 0.3) is 0 Å². The minimum Gasteiger partial charge on any atom is -0.494 e. The number of likely N-dealkylation sites (N-methyl/N-ethyl adjacent to an activating group) is 1. The van der Waals surface area contributed by atoms with E-state index in [1.54, 1.807) is 11.9 Å². The molecule has 1 unspecified atom stereocenters. The number of rotatable bonds is 2. The number of anilines is 1. The van der Waals surface area contributed by atoms with Crippen LogP contribution in [0, 0.1) is 0 Å². The van der Waals surface area contributed by atoms with Gasteiger partial charge in [0.15, 0.2) is 0 Å². The summed E-state index contributed by atoms with van der Waals surface area (Å²) in [5.41, 5.74) is 7.51. The van der Waals surface area contributed by atoms with Gasteiger partial charge in [0, 0.05) is 18.3 Å². The Bertz CT molecular complexity index is 404. The highest BCUT2D eigenvalue weighted by atomic mass is 16.5. The van der Waals surface area contributed by atoms with Gasteiger partial charge in [-0.1, -0.05) is 0 Å². The van der Waals surface area contributed by atoms with Crippen LogP contribution in [0.4, 0.5) is 5.69 Å². The van der Waals surface area contributed by atoms with Crippen LogP contribution in [0.3, 0.4) is 0 Å². The summed E-state index contributed by atoms with van der Waals surface area (Å²) in [6.45, 7) is 2.53. The largest absolute Gasteiger partial charge is 0.494 e. The molecule has 2 N–H and O–H groups in total. The Kier molecular flexibility index (Phi) is 2.36. The first-order valence-corrected chi connectivity index (χ1v) is 4.95. The number of nitrogens with two attached hydrogens (primary N) is 1. The third kappa shape index (κ3) is 1.47. The van der Waals surface area contributed by atoms with Crippen LogP contribution in [-0.2, 0) is 4.79 Å². The standard InChI is InChI=1S/C11H14N2O2/c1-3-15-7-4-5-9-8(6-7)10(12)11(14)13(9)2/h4-6,10H,3,12H2,1-2H3. The molecule has 0 spiro atoms. The number of benzene rings is 1. The van der Waals surface area contributed by atoms with Crippen molar-refractivity contribution in [3.8, 4) is 5.75 Å². The zero-order chi connectivity index (χ0) is 11.0. The molecule has 4 nitrogen and oxygen atoms in total. The first kappa shape index (κ1) is 9.98. The summed E-state index contributed by atoms with van der Waals surface area (Å²) in [4.78, 5) is 13.2. The van der Waals surface area contributed by atoms with E-state index in [1.807, 2.05) is 25.1 Å². The summed E-state index contributed by atoms with van der Waals surface area (Å²) < 4.78 is 5.36. The predicted octanol–water partition coefficient (Wildman–Crippen LogP) is 1.06. The van der Waals surface area contributed by atoms with Gasteiger partial charge in [-0.2, -0.15) is 0 Å². The molecule has 0 bridgehead atoms. The molecule has 0 fully saturated rings. The summed E-state index contributed by atoms with van der Waals surface area (Å²) in [5.74, 6) is 0.688. The molecule has 1 aromatic rings. The molecule has 0 saturated carbocycles. The van der Waals surface area contributed by atoms with Crippen molar-refractivity contribution in [1.29, 1.82) is 0 Å². The number of nitrogens with zero attached hydrogens (tertiary/aromatic N) is 1. The van der Waals surface area contributed by atoms with Crippen molar-refractivity contribution in [1.82, 2.24) is 0 Å². The molecular formula is C11H14N2O2. The van der Waals surface area contributed by atoms with Crippen LogP contribution < -0.4 is 15.4 Å². The van der Waals surface area contributed by atoms with E-state index in [0.29, 0.717) is 6.61 Å². The lowest BCUT2D eigenvalue weighted by Gasteiger charge is -2.10. The molecule has 4 heteroatoms. The number of amides is 1. The fourth-order valence-corrected chi connectivity index (χ4v) is 1.80. The first-order valence-electron chi connectivity index (χ1n) is 4.95. The smallest absolute Gasteiger partial charge is 0.248 e. The molecule has 1 aliphatic heterocycles. The summed E-state index contributed by atoms with van der Waals surface area (Å²) in [7, 11) is 1.73. The Labute approximate surface area is 88.6 Å².